The monoisotopic (exact) mass is 315 g/mol. The Kier molecular flexibility index (Phi) is 5.82. The average Bonchev–Trinajstić information content (AvgIpc) is 2.73. The maximum absolute atomic E-state index is 12.0. The summed E-state index contributed by atoms with van der Waals surface area (Å²) in [4.78, 5) is 0.898. The van der Waals surface area contributed by atoms with E-state index in [2.05, 4.69) is 4.74 Å². The second-order valence-electron chi connectivity index (χ2n) is 4.34. The summed E-state index contributed by atoms with van der Waals surface area (Å²) in [5.74, 6) is 0.0794. The van der Waals surface area contributed by atoms with Crippen LogP contribution in [-0.4, -0.2) is 22.2 Å². The molecular formula is C11H16F3NO2S2. The molecule has 3 atom stereocenters. The van der Waals surface area contributed by atoms with Crippen molar-refractivity contribution < 1.29 is 22.1 Å². The molecule has 0 bridgehead atoms. The van der Waals surface area contributed by atoms with Crippen LogP contribution < -0.4 is 9.88 Å². The lowest BCUT2D eigenvalue weighted by Crippen LogP contribution is -2.20. The van der Waals surface area contributed by atoms with E-state index in [1.54, 1.807) is 13.0 Å². The van der Waals surface area contributed by atoms with E-state index in [-0.39, 0.29) is 16.2 Å². The average molecular weight is 315 g/mol. The Morgan fingerprint density at radius 3 is 2.58 bits per heavy atom. The van der Waals surface area contributed by atoms with Crippen LogP contribution in [0, 0.1) is 0 Å². The highest BCUT2D eigenvalue weighted by atomic mass is 32.2. The first kappa shape index (κ1) is 16.5. The van der Waals surface area contributed by atoms with Crippen molar-refractivity contribution in [3.05, 3.63) is 17.0 Å². The number of ether oxygens (including phenoxy) is 1. The predicted molar refractivity (Wildman–Crippen MR) is 70.7 cm³/mol. The molecule has 0 saturated heterocycles. The molecule has 8 heteroatoms. The third-order valence-electron chi connectivity index (χ3n) is 2.55. The minimum absolute atomic E-state index is 0.0794. The summed E-state index contributed by atoms with van der Waals surface area (Å²) in [5, 5.41) is 5.37. The number of halogens is 3. The van der Waals surface area contributed by atoms with Gasteiger partial charge in [0.2, 0.25) is 0 Å². The molecule has 19 heavy (non-hydrogen) atoms. The van der Waals surface area contributed by atoms with Crippen molar-refractivity contribution in [2.75, 3.05) is 6.61 Å². The van der Waals surface area contributed by atoms with E-state index in [9.17, 15) is 17.4 Å². The van der Waals surface area contributed by atoms with E-state index >= 15 is 0 Å². The first-order valence-electron chi connectivity index (χ1n) is 5.63. The molecule has 0 spiro atoms. The van der Waals surface area contributed by atoms with Gasteiger partial charge in [-0.3, -0.25) is 5.14 Å². The Morgan fingerprint density at radius 2 is 2.05 bits per heavy atom. The molecule has 2 N–H and O–H groups in total. The zero-order chi connectivity index (χ0) is 14.6. The minimum Gasteiger partial charge on any atom is -0.475 e. The summed E-state index contributed by atoms with van der Waals surface area (Å²) in [6.07, 6.45) is -3.72. The number of thiophene rings is 1. The fourth-order valence-electron chi connectivity index (χ4n) is 1.54. The van der Waals surface area contributed by atoms with Gasteiger partial charge in [-0.1, -0.05) is 6.92 Å². The lowest BCUT2D eigenvalue weighted by atomic mass is 10.0. The van der Waals surface area contributed by atoms with Crippen LogP contribution in [0.4, 0.5) is 13.2 Å². The topological polar surface area (TPSA) is 52.3 Å². The Bertz CT molecular complexity index is 434. The second-order valence-corrected chi connectivity index (χ2v) is 6.88. The van der Waals surface area contributed by atoms with Gasteiger partial charge in [0.15, 0.2) is 11.7 Å². The Balaban J connectivity index is 2.56. The summed E-state index contributed by atoms with van der Waals surface area (Å²) >= 11 is 1.17. The first-order valence-corrected chi connectivity index (χ1v) is 7.72. The smallest absolute Gasteiger partial charge is 0.422 e. The van der Waals surface area contributed by atoms with Crippen molar-refractivity contribution in [1.29, 1.82) is 0 Å². The molecule has 0 aliphatic carbocycles. The molecule has 0 amide bonds. The molecule has 0 saturated carbocycles. The van der Waals surface area contributed by atoms with Crippen molar-refractivity contribution in [1.82, 2.24) is 0 Å². The number of hydrogen-bond donors (Lipinski definition) is 1. The summed E-state index contributed by atoms with van der Waals surface area (Å²) < 4.78 is 51.7. The zero-order valence-corrected chi connectivity index (χ0v) is 12.2. The second kappa shape index (κ2) is 6.71. The van der Waals surface area contributed by atoms with Gasteiger partial charge in [-0.2, -0.15) is 13.2 Å². The highest BCUT2D eigenvalue weighted by Crippen LogP contribution is 2.33. The van der Waals surface area contributed by atoms with Crippen molar-refractivity contribution in [2.24, 2.45) is 5.14 Å². The Hall–Kier alpha value is -0.600. The summed E-state index contributed by atoms with van der Waals surface area (Å²) in [6.45, 7) is 2.41. The van der Waals surface area contributed by atoms with Crippen LogP contribution in [0.2, 0.25) is 0 Å². The van der Waals surface area contributed by atoms with Crippen molar-refractivity contribution in [2.45, 2.75) is 37.6 Å². The summed E-state index contributed by atoms with van der Waals surface area (Å²) in [7, 11) is -1.39. The van der Waals surface area contributed by atoms with Gasteiger partial charge in [0.05, 0.1) is 11.0 Å². The third kappa shape index (κ3) is 5.92. The summed E-state index contributed by atoms with van der Waals surface area (Å²) in [5.41, 5.74) is 0. The molecule has 1 rings (SSSR count). The molecule has 0 radical (unpaired) electrons. The number of hydrogen-bond acceptors (Lipinski definition) is 3. The molecule has 0 aliphatic heterocycles. The van der Waals surface area contributed by atoms with Gasteiger partial charge >= 0.3 is 6.18 Å². The van der Waals surface area contributed by atoms with E-state index in [0.717, 1.165) is 4.88 Å². The van der Waals surface area contributed by atoms with E-state index < -0.39 is 23.8 Å². The maximum atomic E-state index is 12.0. The van der Waals surface area contributed by atoms with E-state index in [1.807, 2.05) is 6.92 Å². The maximum Gasteiger partial charge on any atom is 0.422 e. The van der Waals surface area contributed by atoms with Crippen LogP contribution in [0.25, 0.3) is 0 Å². The quantitative estimate of drug-likeness (QED) is 0.876. The van der Waals surface area contributed by atoms with Crippen LogP contribution >= 0.6 is 11.3 Å². The first-order chi connectivity index (χ1) is 8.69. The number of rotatable bonds is 6. The van der Waals surface area contributed by atoms with Crippen LogP contribution in [0.1, 0.15) is 31.1 Å². The van der Waals surface area contributed by atoms with E-state index in [1.165, 1.54) is 17.4 Å². The van der Waals surface area contributed by atoms with E-state index in [4.69, 9.17) is 5.14 Å². The fraction of sp³-hybridized carbons (Fsp3) is 0.636. The molecule has 3 nitrogen and oxygen atoms in total. The molecule has 1 heterocycles. The van der Waals surface area contributed by atoms with Gasteiger partial charge in [0, 0.05) is 10.1 Å². The third-order valence-corrected chi connectivity index (χ3v) is 4.76. The molecule has 2 unspecified atom stereocenters. The van der Waals surface area contributed by atoms with Gasteiger partial charge in [-0.15, -0.1) is 11.3 Å². The van der Waals surface area contributed by atoms with Gasteiger partial charge in [-0.25, -0.2) is 4.21 Å². The molecule has 110 valence electrons. The van der Waals surface area contributed by atoms with Crippen molar-refractivity contribution >= 4 is 22.3 Å². The highest BCUT2D eigenvalue weighted by molar-refractivity contribution is 7.83. The molecule has 0 aliphatic rings. The van der Waals surface area contributed by atoms with Crippen molar-refractivity contribution in [3.63, 3.8) is 0 Å². The zero-order valence-electron chi connectivity index (χ0n) is 10.6. The fourth-order valence-corrected chi connectivity index (χ4v) is 2.94. The molecule has 1 aromatic rings. The number of alkyl halides is 3. The Morgan fingerprint density at radius 1 is 1.42 bits per heavy atom. The standard InChI is InChI=1S/C11H16F3NO2S2/c1-7(5-8(2)19(15)16)9-3-4-10(18-9)17-6-11(12,13)14/h3-4,7-8H,5-6,15H2,1-2H3/t7-,8?,19?/m0/s1. The molecule has 0 fully saturated rings. The highest BCUT2D eigenvalue weighted by Gasteiger charge is 2.28. The van der Waals surface area contributed by atoms with Crippen molar-refractivity contribution in [3.8, 4) is 5.06 Å². The van der Waals surface area contributed by atoms with Gasteiger partial charge in [0.1, 0.15) is 0 Å². The van der Waals surface area contributed by atoms with Gasteiger partial charge < -0.3 is 4.74 Å². The van der Waals surface area contributed by atoms with Crippen LogP contribution in [0.15, 0.2) is 12.1 Å². The molecule has 0 aromatic carbocycles. The SMILES string of the molecule is CC(C[C@H](C)c1ccc(OCC(F)(F)F)s1)S(N)=O. The predicted octanol–water partition coefficient (Wildman–Crippen LogP) is 3.19. The Labute approximate surface area is 116 Å². The lowest BCUT2D eigenvalue weighted by molar-refractivity contribution is -0.152. The van der Waals surface area contributed by atoms with Gasteiger partial charge in [-0.05, 0) is 31.4 Å². The minimum atomic E-state index is -4.33. The van der Waals surface area contributed by atoms with Crippen LogP contribution in [0.3, 0.4) is 0 Å². The largest absolute Gasteiger partial charge is 0.475 e. The summed E-state index contributed by atoms with van der Waals surface area (Å²) in [6, 6.07) is 3.25. The lowest BCUT2D eigenvalue weighted by Gasteiger charge is -2.13. The molecular weight excluding hydrogens is 299 g/mol. The normalized spacial score (nSPS) is 16.9. The molecule has 1 aromatic heterocycles. The van der Waals surface area contributed by atoms with Crippen LogP contribution in [0.5, 0.6) is 5.06 Å². The van der Waals surface area contributed by atoms with Gasteiger partial charge in [0.25, 0.3) is 0 Å². The number of nitrogens with two attached hydrogens (primary N) is 1. The van der Waals surface area contributed by atoms with E-state index in [0.29, 0.717) is 6.42 Å². The van der Waals surface area contributed by atoms with Crippen LogP contribution in [-0.2, 0) is 11.0 Å².